The third kappa shape index (κ3) is 4.59. The van der Waals surface area contributed by atoms with E-state index in [4.69, 9.17) is 4.74 Å². The van der Waals surface area contributed by atoms with Gasteiger partial charge in [0.15, 0.2) is 11.6 Å². The Balaban J connectivity index is 1.47. The van der Waals surface area contributed by atoms with E-state index >= 15 is 0 Å². The zero-order chi connectivity index (χ0) is 22.9. The second kappa shape index (κ2) is 8.68. The highest BCUT2D eigenvalue weighted by molar-refractivity contribution is 5.82. The molecule has 0 unspecified atom stereocenters. The number of hydrogen-bond acceptors (Lipinski definition) is 8. The number of aliphatic hydroxyl groups is 1. The minimum Gasteiger partial charge on any atom is -0.424 e. The molecule has 33 heavy (non-hydrogen) atoms. The molecule has 0 atom stereocenters. The van der Waals surface area contributed by atoms with E-state index < -0.39 is 5.82 Å². The number of piperazine rings is 1. The number of anilines is 3. The molecular formula is C22H25FN8O2. The first-order chi connectivity index (χ1) is 16.0. The van der Waals surface area contributed by atoms with Gasteiger partial charge in [-0.2, -0.15) is 15.1 Å². The number of nitrogens with one attached hydrogen (secondary N) is 3. The summed E-state index contributed by atoms with van der Waals surface area (Å²) in [5.74, 6) is 1.58. The molecule has 1 aliphatic heterocycles. The monoisotopic (exact) mass is 452 g/mol. The Hall–Kier alpha value is -3.70. The number of aromatic nitrogens is 5. The third-order valence-electron chi connectivity index (χ3n) is 5.57. The molecule has 4 aromatic rings. The van der Waals surface area contributed by atoms with Gasteiger partial charge in [-0.1, -0.05) is 0 Å². The normalized spacial score (nSPS) is 14.7. The largest absolute Gasteiger partial charge is 0.424 e. The van der Waals surface area contributed by atoms with Gasteiger partial charge in [-0.3, -0.25) is 5.10 Å². The van der Waals surface area contributed by atoms with Crippen LogP contribution in [0.3, 0.4) is 0 Å². The van der Waals surface area contributed by atoms with Crippen molar-refractivity contribution in [1.82, 2.24) is 30.0 Å². The molecule has 4 heterocycles. The Labute approximate surface area is 189 Å². The molecule has 1 saturated heterocycles. The van der Waals surface area contributed by atoms with Crippen LogP contribution in [-0.4, -0.2) is 68.4 Å². The SMILES string of the molecule is Cc1cc2cc(Oc3nc(Nc4cc(CO)[nH]n4)cc(N4CCN(C)CC4)n3)cc(F)c2[nH]1. The van der Waals surface area contributed by atoms with Crippen molar-refractivity contribution in [3.8, 4) is 11.8 Å². The van der Waals surface area contributed by atoms with Crippen LogP contribution in [0.2, 0.25) is 0 Å². The number of aromatic amines is 2. The van der Waals surface area contributed by atoms with Crippen molar-refractivity contribution in [3.05, 3.63) is 47.5 Å². The van der Waals surface area contributed by atoms with Gasteiger partial charge in [0.1, 0.15) is 17.4 Å². The number of H-pyrrole nitrogens is 2. The van der Waals surface area contributed by atoms with Crippen LogP contribution in [0.25, 0.3) is 10.9 Å². The van der Waals surface area contributed by atoms with Gasteiger partial charge in [0.2, 0.25) is 0 Å². The van der Waals surface area contributed by atoms with Gasteiger partial charge in [0.05, 0.1) is 17.8 Å². The van der Waals surface area contributed by atoms with E-state index in [2.05, 4.69) is 47.3 Å². The first-order valence-electron chi connectivity index (χ1n) is 10.7. The zero-order valence-electron chi connectivity index (χ0n) is 18.4. The number of aryl methyl sites for hydroxylation is 1. The molecule has 1 aliphatic rings. The van der Waals surface area contributed by atoms with Crippen molar-refractivity contribution in [2.75, 3.05) is 43.4 Å². The van der Waals surface area contributed by atoms with Crippen molar-refractivity contribution in [2.45, 2.75) is 13.5 Å². The minimum absolute atomic E-state index is 0.0952. The van der Waals surface area contributed by atoms with Gasteiger partial charge in [-0.05, 0) is 26.1 Å². The van der Waals surface area contributed by atoms with Gasteiger partial charge in [-0.15, -0.1) is 0 Å². The van der Waals surface area contributed by atoms with E-state index in [1.165, 1.54) is 6.07 Å². The second-order valence-corrected chi connectivity index (χ2v) is 8.17. The lowest BCUT2D eigenvalue weighted by molar-refractivity contribution is 0.276. The van der Waals surface area contributed by atoms with Crippen LogP contribution in [-0.2, 0) is 6.61 Å². The van der Waals surface area contributed by atoms with Crippen LogP contribution < -0.4 is 15.0 Å². The van der Waals surface area contributed by atoms with E-state index in [1.807, 2.05) is 19.1 Å². The molecule has 0 saturated carbocycles. The summed E-state index contributed by atoms with van der Waals surface area (Å²) in [6.07, 6.45) is 0. The average Bonchev–Trinajstić information content (AvgIpc) is 3.40. The molecule has 4 N–H and O–H groups in total. The van der Waals surface area contributed by atoms with E-state index in [-0.39, 0.29) is 12.6 Å². The number of benzene rings is 1. The summed E-state index contributed by atoms with van der Waals surface area (Å²) < 4.78 is 20.5. The van der Waals surface area contributed by atoms with Gasteiger partial charge in [0.25, 0.3) is 0 Å². The van der Waals surface area contributed by atoms with Crippen molar-refractivity contribution >= 4 is 28.4 Å². The Bertz CT molecular complexity index is 1280. The molecule has 3 aromatic heterocycles. The highest BCUT2D eigenvalue weighted by Gasteiger charge is 2.19. The standard InChI is InChI=1S/C22H25FN8O2/c1-13-7-14-8-16(10-17(23)21(14)24-13)33-22-26-18(25-19-9-15(12-32)28-29-19)11-20(27-22)31-5-3-30(2)4-6-31/h7-11,24,32H,3-6,12H2,1-2H3,(H2,25,26,27,28,29). The molecule has 11 heteroatoms. The molecule has 1 fully saturated rings. The molecule has 0 bridgehead atoms. The number of hydrogen-bond donors (Lipinski definition) is 4. The maximum absolute atomic E-state index is 14.6. The van der Waals surface area contributed by atoms with Gasteiger partial charge in [-0.25, -0.2) is 4.39 Å². The lowest BCUT2D eigenvalue weighted by atomic mass is 10.2. The summed E-state index contributed by atoms with van der Waals surface area (Å²) >= 11 is 0. The number of ether oxygens (including phenoxy) is 1. The van der Waals surface area contributed by atoms with E-state index in [0.29, 0.717) is 39.8 Å². The van der Waals surface area contributed by atoms with Crippen molar-refractivity contribution in [3.63, 3.8) is 0 Å². The molecule has 172 valence electrons. The zero-order valence-corrected chi connectivity index (χ0v) is 18.4. The quantitative estimate of drug-likeness (QED) is 0.353. The van der Waals surface area contributed by atoms with E-state index in [9.17, 15) is 9.50 Å². The molecule has 0 aliphatic carbocycles. The van der Waals surface area contributed by atoms with Gasteiger partial charge < -0.3 is 29.9 Å². The summed E-state index contributed by atoms with van der Waals surface area (Å²) in [5.41, 5.74) is 1.88. The van der Waals surface area contributed by atoms with Crippen LogP contribution in [0.15, 0.2) is 30.3 Å². The van der Waals surface area contributed by atoms with Crippen LogP contribution in [0.4, 0.5) is 21.8 Å². The number of nitrogens with zero attached hydrogens (tertiary/aromatic N) is 5. The Morgan fingerprint density at radius 1 is 1.09 bits per heavy atom. The fourth-order valence-electron chi connectivity index (χ4n) is 3.84. The van der Waals surface area contributed by atoms with Gasteiger partial charge >= 0.3 is 6.01 Å². The molecule has 0 spiro atoms. The molecule has 5 rings (SSSR count). The first kappa shape index (κ1) is 21.2. The van der Waals surface area contributed by atoms with Crippen LogP contribution in [0.1, 0.15) is 11.4 Å². The summed E-state index contributed by atoms with van der Waals surface area (Å²) in [6, 6.07) is 8.54. The fourth-order valence-corrected chi connectivity index (χ4v) is 3.84. The predicted molar refractivity (Wildman–Crippen MR) is 123 cm³/mol. The van der Waals surface area contributed by atoms with Crippen molar-refractivity contribution in [1.29, 1.82) is 0 Å². The first-order valence-corrected chi connectivity index (χ1v) is 10.7. The van der Waals surface area contributed by atoms with Gasteiger partial charge in [0, 0.05) is 55.5 Å². The maximum Gasteiger partial charge on any atom is 0.325 e. The smallest absolute Gasteiger partial charge is 0.325 e. The average molecular weight is 452 g/mol. The van der Waals surface area contributed by atoms with Crippen LogP contribution >= 0.6 is 0 Å². The lowest BCUT2D eigenvalue weighted by Gasteiger charge is -2.33. The minimum atomic E-state index is -0.405. The highest BCUT2D eigenvalue weighted by atomic mass is 19.1. The molecular weight excluding hydrogens is 427 g/mol. The van der Waals surface area contributed by atoms with Crippen molar-refractivity contribution < 1.29 is 14.2 Å². The van der Waals surface area contributed by atoms with Crippen molar-refractivity contribution in [2.24, 2.45) is 0 Å². The summed E-state index contributed by atoms with van der Waals surface area (Å²) in [4.78, 5) is 16.5. The molecule has 10 nitrogen and oxygen atoms in total. The Kier molecular flexibility index (Phi) is 5.56. The number of likely N-dealkylation sites (N-methyl/N-ethyl adjacent to an activating group) is 1. The fraction of sp³-hybridized carbons (Fsp3) is 0.318. The van der Waals surface area contributed by atoms with E-state index in [1.54, 1.807) is 12.1 Å². The summed E-state index contributed by atoms with van der Waals surface area (Å²) in [7, 11) is 2.09. The Morgan fingerprint density at radius 3 is 2.67 bits per heavy atom. The third-order valence-corrected chi connectivity index (χ3v) is 5.57. The second-order valence-electron chi connectivity index (χ2n) is 8.17. The number of aliphatic hydroxyl groups excluding tert-OH is 1. The molecule has 1 aromatic carbocycles. The summed E-state index contributed by atoms with van der Waals surface area (Å²) in [5, 5.41) is 20.0. The number of rotatable bonds is 6. The lowest BCUT2D eigenvalue weighted by Crippen LogP contribution is -2.44. The maximum atomic E-state index is 14.6. The summed E-state index contributed by atoms with van der Waals surface area (Å²) in [6.45, 7) is 5.18. The van der Waals surface area contributed by atoms with Crippen LogP contribution in [0, 0.1) is 12.7 Å². The highest BCUT2D eigenvalue weighted by Crippen LogP contribution is 2.29. The Morgan fingerprint density at radius 2 is 1.91 bits per heavy atom. The number of fused-ring (bicyclic) bond motifs is 1. The van der Waals surface area contributed by atoms with Crippen LogP contribution in [0.5, 0.6) is 11.8 Å². The molecule has 0 radical (unpaired) electrons. The van der Waals surface area contributed by atoms with E-state index in [0.717, 1.165) is 31.9 Å². The topological polar surface area (TPSA) is 118 Å². The predicted octanol–water partition coefficient (Wildman–Crippen LogP) is 2.91. The molecule has 0 amide bonds. The number of halogens is 1.